The van der Waals surface area contributed by atoms with E-state index in [-0.39, 0.29) is 6.42 Å². The number of ether oxygens (including phenoxy) is 12. The monoisotopic (exact) mass is 1130 g/mol. The van der Waals surface area contributed by atoms with E-state index in [1.165, 1.54) is 6.92 Å². The molecule has 32 heteroatoms. The normalized spacial score (nSPS) is 48.4. The molecule has 6 aliphatic heterocycles. The van der Waals surface area contributed by atoms with Crippen LogP contribution >= 0.6 is 0 Å². The maximum absolute atomic E-state index is 12.8. The molecule has 77 heavy (non-hydrogen) atoms. The first-order valence-corrected chi connectivity index (χ1v) is 25.2. The van der Waals surface area contributed by atoms with Crippen LogP contribution in [0.25, 0.3) is 0 Å². The SMILES string of the molecule is CC(=O)NC1C(O[C@@H]2OC(CO)[C@H](O)C(O)C2O[C@@H]2OC(C)C(O)C(O)[C@@H]2O)[C@@H](O)C(CO)O[C@H]1OC1C(O)[C@@H](O[C@H]2C(CO)O[C@@H](O[C@@H]3C(CO)O[C@@H](OC(C)(C)CC(C)(C)N)C(O)C3O)C(O)C2O)OC(CO)[C@@H]1O. The largest absolute Gasteiger partial charge is 0.394 e. The van der Waals surface area contributed by atoms with Gasteiger partial charge in [-0.25, -0.2) is 0 Å². The molecule has 0 bridgehead atoms. The Hall–Kier alpha value is -1.73. The van der Waals surface area contributed by atoms with Gasteiger partial charge in [-0.1, -0.05) is 0 Å². The third kappa shape index (κ3) is 14.6. The Labute approximate surface area is 441 Å². The highest BCUT2D eigenvalue weighted by Gasteiger charge is 2.58. The number of rotatable bonds is 20. The Kier molecular flexibility index (Phi) is 22.3. The topological polar surface area (TPSA) is 510 Å². The summed E-state index contributed by atoms with van der Waals surface area (Å²) in [6.07, 6.45) is -53.4. The fourth-order valence-electron chi connectivity index (χ4n) is 10.4. The molecular formula is C45H80N2O30. The second kappa shape index (κ2) is 26.7. The van der Waals surface area contributed by atoms with Gasteiger partial charge in [0.25, 0.3) is 0 Å². The van der Waals surface area contributed by atoms with Gasteiger partial charge in [-0.05, 0) is 41.0 Å². The summed E-state index contributed by atoms with van der Waals surface area (Å²) in [5, 5.41) is 187. The molecule has 450 valence electrons. The summed E-state index contributed by atoms with van der Waals surface area (Å²) in [6.45, 7) is 4.34. The zero-order chi connectivity index (χ0) is 57.3. The Bertz CT molecular complexity index is 1840. The van der Waals surface area contributed by atoms with Gasteiger partial charge in [0, 0.05) is 12.5 Å². The molecule has 18 unspecified atom stereocenters. The Morgan fingerprint density at radius 1 is 0.429 bits per heavy atom. The minimum Gasteiger partial charge on any atom is -0.394 e. The summed E-state index contributed by atoms with van der Waals surface area (Å²) in [6, 6.07) is -1.79. The Balaban J connectivity index is 1.20. The van der Waals surface area contributed by atoms with Gasteiger partial charge in [0.05, 0.1) is 44.7 Å². The summed E-state index contributed by atoms with van der Waals surface area (Å²) in [7, 11) is 0. The minimum atomic E-state index is -2.22. The predicted octanol–water partition coefficient (Wildman–Crippen LogP) is -11.0. The number of amides is 1. The van der Waals surface area contributed by atoms with Crippen LogP contribution < -0.4 is 11.1 Å². The molecule has 6 aliphatic rings. The maximum Gasteiger partial charge on any atom is 0.217 e. The summed E-state index contributed by atoms with van der Waals surface area (Å²) in [5.41, 5.74) is 4.42. The van der Waals surface area contributed by atoms with E-state index >= 15 is 0 Å². The fraction of sp³-hybridized carbons (Fsp3) is 0.978. The van der Waals surface area contributed by atoms with Crippen LogP contribution in [0, 0.1) is 0 Å². The summed E-state index contributed by atoms with van der Waals surface area (Å²) < 4.78 is 69.8. The van der Waals surface area contributed by atoms with Crippen molar-refractivity contribution < 1.29 is 148 Å². The lowest BCUT2D eigenvalue weighted by Crippen LogP contribution is -2.70. The summed E-state index contributed by atoms with van der Waals surface area (Å²) >= 11 is 0. The molecule has 6 rings (SSSR count). The van der Waals surface area contributed by atoms with Crippen LogP contribution in [0.4, 0.5) is 0 Å². The van der Waals surface area contributed by atoms with Crippen molar-refractivity contribution in [1.82, 2.24) is 5.32 Å². The van der Waals surface area contributed by atoms with Crippen molar-refractivity contribution in [3.05, 3.63) is 0 Å². The average molecular weight is 1130 g/mol. The molecule has 0 aliphatic carbocycles. The van der Waals surface area contributed by atoms with Crippen molar-refractivity contribution in [2.24, 2.45) is 5.73 Å². The highest BCUT2D eigenvalue weighted by Crippen LogP contribution is 2.38. The molecular weight excluding hydrogens is 1050 g/mol. The van der Waals surface area contributed by atoms with Gasteiger partial charge in [0.2, 0.25) is 5.91 Å². The Morgan fingerprint density at radius 2 is 0.805 bits per heavy atom. The van der Waals surface area contributed by atoms with Gasteiger partial charge in [0.15, 0.2) is 37.7 Å². The number of hydrogen-bond acceptors (Lipinski definition) is 31. The number of nitrogens with one attached hydrogen (secondary N) is 1. The van der Waals surface area contributed by atoms with E-state index in [1.54, 1.807) is 27.7 Å². The molecule has 20 N–H and O–H groups in total. The van der Waals surface area contributed by atoms with Gasteiger partial charge in [-0.3, -0.25) is 4.79 Å². The number of nitrogens with two attached hydrogens (primary N) is 1. The van der Waals surface area contributed by atoms with E-state index in [4.69, 9.17) is 62.6 Å². The van der Waals surface area contributed by atoms with Gasteiger partial charge in [-0.2, -0.15) is 0 Å². The lowest BCUT2D eigenvalue weighted by Gasteiger charge is -2.51. The number of hydrogen-bond donors (Lipinski definition) is 19. The highest BCUT2D eigenvalue weighted by molar-refractivity contribution is 5.73. The van der Waals surface area contributed by atoms with Crippen LogP contribution in [-0.4, -0.2) is 321 Å². The van der Waals surface area contributed by atoms with Gasteiger partial charge in [0.1, 0.15) is 140 Å². The predicted molar refractivity (Wildman–Crippen MR) is 245 cm³/mol. The summed E-state index contributed by atoms with van der Waals surface area (Å²) in [5.74, 6) is -0.861. The lowest BCUT2D eigenvalue weighted by molar-refractivity contribution is -0.394. The van der Waals surface area contributed by atoms with Crippen LogP contribution in [0.3, 0.4) is 0 Å². The standard InChI is InChI=1S/C45H80N2O30/c1-13-21(54)25(58)29(62)39(66-13)76-37-26(59)22(55)15(7-48)69-43(37)74-35-20(47-14(2)53)38(67-16(8-49)23(35)56)75-36-24(57)17(9-50)68-41(32(36)65)73-33-18(10-51)70-40(30(63)27(33)60)72-34-19(11-52)71-42(31(64)28(34)61)77-45(5,6)12-44(3,4)46/h13,15-43,48-52,54-65H,7-12,46H2,1-6H3,(H,47,53)/t13?,15?,16?,17?,18?,19?,20?,21?,22-,23-,24-,25?,26?,27?,28?,29-,30?,31?,32?,33-,34+,35?,36?,37?,38-,39-,40-,41+,42-,43-/m0/s1. The van der Waals surface area contributed by atoms with Crippen molar-refractivity contribution in [2.75, 3.05) is 33.0 Å². The Morgan fingerprint density at radius 3 is 1.32 bits per heavy atom. The molecule has 30 atom stereocenters. The van der Waals surface area contributed by atoms with Crippen LogP contribution in [-0.2, 0) is 61.6 Å². The molecule has 0 aromatic rings. The van der Waals surface area contributed by atoms with E-state index in [9.17, 15) is 91.6 Å². The van der Waals surface area contributed by atoms with Crippen molar-refractivity contribution in [3.63, 3.8) is 0 Å². The van der Waals surface area contributed by atoms with E-state index < -0.39 is 234 Å². The van der Waals surface area contributed by atoms with E-state index in [2.05, 4.69) is 5.32 Å². The molecule has 0 saturated carbocycles. The molecule has 0 aromatic heterocycles. The molecule has 32 nitrogen and oxygen atoms in total. The zero-order valence-electron chi connectivity index (χ0n) is 43.1. The number of aliphatic hydroxyl groups is 17. The fourth-order valence-corrected chi connectivity index (χ4v) is 10.4. The first-order valence-electron chi connectivity index (χ1n) is 25.2. The minimum absolute atomic E-state index is 0.269. The molecule has 0 radical (unpaired) electrons. The van der Waals surface area contributed by atoms with Crippen LogP contribution in [0.2, 0.25) is 0 Å². The van der Waals surface area contributed by atoms with Crippen LogP contribution in [0.15, 0.2) is 0 Å². The highest BCUT2D eigenvalue weighted by atomic mass is 16.8. The van der Waals surface area contributed by atoms with Gasteiger partial charge < -0.3 is 155 Å². The first kappa shape index (κ1) is 64.4. The molecule has 0 aromatic carbocycles. The smallest absolute Gasteiger partial charge is 0.217 e. The van der Waals surface area contributed by atoms with Crippen molar-refractivity contribution in [1.29, 1.82) is 0 Å². The average Bonchev–Trinajstić information content (AvgIpc) is 3.36. The molecule has 0 spiro atoms. The quantitative estimate of drug-likeness (QED) is 0.0538. The van der Waals surface area contributed by atoms with E-state index in [1.807, 2.05) is 0 Å². The third-order valence-corrected chi connectivity index (χ3v) is 14.1. The third-order valence-electron chi connectivity index (χ3n) is 14.1. The summed E-state index contributed by atoms with van der Waals surface area (Å²) in [4.78, 5) is 12.8. The van der Waals surface area contributed by atoms with Crippen molar-refractivity contribution in [3.8, 4) is 0 Å². The van der Waals surface area contributed by atoms with E-state index in [0.29, 0.717) is 0 Å². The van der Waals surface area contributed by atoms with Crippen LogP contribution in [0.5, 0.6) is 0 Å². The maximum atomic E-state index is 12.8. The van der Waals surface area contributed by atoms with Crippen molar-refractivity contribution >= 4 is 5.91 Å². The molecule has 6 fully saturated rings. The van der Waals surface area contributed by atoms with Crippen LogP contribution in [0.1, 0.15) is 48.0 Å². The molecule has 6 heterocycles. The number of carbonyl (C=O) groups excluding carboxylic acids is 1. The molecule has 6 saturated heterocycles. The first-order chi connectivity index (χ1) is 36.0. The van der Waals surface area contributed by atoms with Gasteiger partial charge >= 0.3 is 0 Å². The van der Waals surface area contributed by atoms with E-state index in [0.717, 1.165) is 6.92 Å². The van der Waals surface area contributed by atoms with Gasteiger partial charge in [-0.15, -0.1) is 0 Å². The second-order valence-corrected chi connectivity index (χ2v) is 21.5. The number of aliphatic hydroxyl groups excluding tert-OH is 17. The second-order valence-electron chi connectivity index (χ2n) is 21.5. The number of carbonyl (C=O) groups is 1. The van der Waals surface area contributed by atoms with Crippen molar-refractivity contribution in [2.45, 2.75) is 243 Å². The lowest BCUT2D eigenvalue weighted by atomic mass is 9.90. The zero-order valence-corrected chi connectivity index (χ0v) is 43.1. The molecule has 1 amide bonds.